The molecule has 0 fully saturated rings. The maximum Gasteiger partial charge on any atom is 0.309 e. The van der Waals surface area contributed by atoms with Gasteiger partial charge in [-0.05, 0) is 20.3 Å². The van der Waals surface area contributed by atoms with Crippen LogP contribution in [0, 0.1) is 5.41 Å². The van der Waals surface area contributed by atoms with Crippen molar-refractivity contribution in [2.24, 2.45) is 5.41 Å². The number of aliphatic hydroxyl groups excluding tert-OH is 1. The highest BCUT2D eigenvalue weighted by Crippen LogP contribution is 2.19. The molecular formula is C9H17NO4. The average Bonchev–Trinajstić information content (AvgIpc) is 2.03. The van der Waals surface area contributed by atoms with Crippen LogP contribution in [-0.2, 0) is 9.59 Å². The van der Waals surface area contributed by atoms with Crippen LogP contribution in [0.1, 0.15) is 26.7 Å². The van der Waals surface area contributed by atoms with Crippen molar-refractivity contribution in [1.29, 1.82) is 0 Å². The summed E-state index contributed by atoms with van der Waals surface area (Å²) in [6.45, 7) is 3.40. The lowest BCUT2D eigenvalue weighted by Crippen LogP contribution is -2.33. The van der Waals surface area contributed by atoms with Crippen molar-refractivity contribution in [1.82, 2.24) is 5.32 Å². The van der Waals surface area contributed by atoms with Gasteiger partial charge >= 0.3 is 5.97 Å². The summed E-state index contributed by atoms with van der Waals surface area (Å²) >= 11 is 0. The summed E-state index contributed by atoms with van der Waals surface area (Å²) in [5.41, 5.74) is -1.04. The zero-order valence-corrected chi connectivity index (χ0v) is 8.54. The zero-order chi connectivity index (χ0) is 11.2. The number of amides is 1. The third-order valence-electron chi connectivity index (χ3n) is 1.84. The maximum atomic E-state index is 11.2. The molecule has 0 saturated heterocycles. The average molecular weight is 203 g/mol. The van der Waals surface area contributed by atoms with Gasteiger partial charge in [0.05, 0.1) is 5.41 Å². The Morgan fingerprint density at radius 3 is 2.36 bits per heavy atom. The molecule has 5 heteroatoms. The molecule has 0 aromatic heterocycles. The van der Waals surface area contributed by atoms with Crippen LogP contribution in [0.2, 0.25) is 0 Å². The van der Waals surface area contributed by atoms with Crippen LogP contribution >= 0.6 is 0 Å². The molecule has 0 radical (unpaired) electrons. The molecule has 1 amide bonds. The number of hydrogen-bond donors (Lipinski definition) is 3. The van der Waals surface area contributed by atoms with E-state index in [2.05, 4.69) is 5.32 Å². The molecule has 0 aromatic rings. The molecule has 0 aliphatic carbocycles. The number of carbonyl (C=O) groups excluding carboxylic acids is 1. The van der Waals surface area contributed by atoms with Gasteiger partial charge in [-0.25, -0.2) is 0 Å². The van der Waals surface area contributed by atoms with Crippen molar-refractivity contribution in [3.8, 4) is 0 Å². The Morgan fingerprint density at radius 2 is 1.93 bits per heavy atom. The van der Waals surface area contributed by atoms with E-state index in [1.165, 1.54) is 13.8 Å². The number of carboxylic acids is 1. The van der Waals surface area contributed by atoms with Gasteiger partial charge in [-0.15, -0.1) is 0 Å². The van der Waals surface area contributed by atoms with Gasteiger partial charge < -0.3 is 15.5 Å². The molecule has 14 heavy (non-hydrogen) atoms. The summed E-state index contributed by atoms with van der Waals surface area (Å²) < 4.78 is 0. The summed E-state index contributed by atoms with van der Waals surface area (Å²) in [5, 5.41) is 19.7. The van der Waals surface area contributed by atoms with Gasteiger partial charge in [0, 0.05) is 19.6 Å². The largest absolute Gasteiger partial charge is 0.481 e. The van der Waals surface area contributed by atoms with Crippen LogP contribution in [0.5, 0.6) is 0 Å². The number of aliphatic carboxylic acids is 1. The van der Waals surface area contributed by atoms with Gasteiger partial charge in [0.2, 0.25) is 5.91 Å². The Bertz CT molecular complexity index is 213. The van der Waals surface area contributed by atoms with Crippen LogP contribution in [0.25, 0.3) is 0 Å². The molecule has 5 nitrogen and oxygen atoms in total. The minimum absolute atomic E-state index is 0.0165. The number of carboxylic acid groups (broad SMARTS) is 1. The monoisotopic (exact) mass is 203 g/mol. The third-order valence-corrected chi connectivity index (χ3v) is 1.84. The molecule has 0 atom stereocenters. The number of nitrogens with one attached hydrogen (secondary N) is 1. The summed E-state index contributed by atoms with van der Waals surface area (Å²) in [4.78, 5) is 21.8. The molecule has 0 unspecified atom stereocenters. The predicted octanol–water partition coefficient (Wildman–Crippen LogP) is -0.0141. The number of hydrogen-bond acceptors (Lipinski definition) is 3. The lowest BCUT2D eigenvalue weighted by molar-refractivity contribution is -0.149. The van der Waals surface area contributed by atoms with E-state index in [-0.39, 0.29) is 18.9 Å². The highest BCUT2D eigenvalue weighted by atomic mass is 16.4. The Morgan fingerprint density at radius 1 is 1.36 bits per heavy atom. The van der Waals surface area contributed by atoms with Gasteiger partial charge in [0.15, 0.2) is 0 Å². The van der Waals surface area contributed by atoms with E-state index in [0.717, 1.165) is 0 Å². The maximum absolute atomic E-state index is 11.2. The minimum atomic E-state index is -1.04. The van der Waals surface area contributed by atoms with Crippen molar-refractivity contribution in [2.45, 2.75) is 26.7 Å². The normalized spacial score (nSPS) is 11.1. The fourth-order valence-electron chi connectivity index (χ4n) is 0.846. The molecule has 0 aliphatic heterocycles. The first-order chi connectivity index (χ1) is 6.40. The molecule has 0 saturated carbocycles. The van der Waals surface area contributed by atoms with E-state index in [0.29, 0.717) is 13.0 Å². The first-order valence-corrected chi connectivity index (χ1v) is 4.51. The van der Waals surface area contributed by atoms with Crippen molar-refractivity contribution < 1.29 is 19.8 Å². The van der Waals surface area contributed by atoms with Gasteiger partial charge in [0.1, 0.15) is 0 Å². The second-order valence-corrected chi connectivity index (χ2v) is 3.79. The summed E-state index contributed by atoms with van der Waals surface area (Å²) in [5.74, 6) is -1.29. The van der Waals surface area contributed by atoms with E-state index in [1.54, 1.807) is 0 Å². The van der Waals surface area contributed by atoms with E-state index in [1.807, 2.05) is 0 Å². The fourth-order valence-corrected chi connectivity index (χ4v) is 0.846. The first-order valence-electron chi connectivity index (χ1n) is 4.51. The molecule has 0 aromatic carbocycles. The molecule has 82 valence electrons. The van der Waals surface area contributed by atoms with Crippen LogP contribution in [0.4, 0.5) is 0 Å². The molecule has 0 heterocycles. The first kappa shape index (κ1) is 12.9. The van der Waals surface area contributed by atoms with E-state index in [4.69, 9.17) is 10.2 Å². The quantitative estimate of drug-likeness (QED) is 0.530. The minimum Gasteiger partial charge on any atom is -0.481 e. The van der Waals surface area contributed by atoms with Crippen LogP contribution in [0.15, 0.2) is 0 Å². The lowest BCUT2D eigenvalue weighted by Gasteiger charge is -2.17. The van der Waals surface area contributed by atoms with Crippen LogP contribution in [-0.4, -0.2) is 35.2 Å². The van der Waals surface area contributed by atoms with Crippen molar-refractivity contribution in [2.75, 3.05) is 13.2 Å². The summed E-state index contributed by atoms with van der Waals surface area (Å²) in [7, 11) is 0. The summed E-state index contributed by atoms with van der Waals surface area (Å²) in [6, 6.07) is 0. The van der Waals surface area contributed by atoms with E-state index in [9.17, 15) is 9.59 Å². The van der Waals surface area contributed by atoms with Gasteiger partial charge in [-0.2, -0.15) is 0 Å². The molecular weight excluding hydrogens is 186 g/mol. The Kier molecular flexibility index (Phi) is 5.15. The topological polar surface area (TPSA) is 86.6 Å². The standard InChI is InChI=1S/C9H17NO4/c1-9(2,8(13)14)6-7(12)10-4-3-5-11/h11H,3-6H2,1-2H3,(H,10,12)(H,13,14). The molecule has 0 aliphatic rings. The Balaban J connectivity index is 3.88. The van der Waals surface area contributed by atoms with Gasteiger partial charge in [0.25, 0.3) is 0 Å². The zero-order valence-electron chi connectivity index (χ0n) is 8.54. The van der Waals surface area contributed by atoms with Crippen molar-refractivity contribution in [3.05, 3.63) is 0 Å². The third kappa shape index (κ3) is 4.81. The molecule has 0 bridgehead atoms. The molecule has 0 spiro atoms. The van der Waals surface area contributed by atoms with E-state index >= 15 is 0 Å². The van der Waals surface area contributed by atoms with Crippen molar-refractivity contribution >= 4 is 11.9 Å². The molecule has 0 rings (SSSR count). The smallest absolute Gasteiger partial charge is 0.309 e. The SMILES string of the molecule is CC(C)(CC(=O)NCCCO)C(=O)O. The number of rotatable bonds is 6. The Labute approximate surface area is 83.1 Å². The van der Waals surface area contributed by atoms with Crippen LogP contribution in [0.3, 0.4) is 0 Å². The van der Waals surface area contributed by atoms with E-state index < -0.39 is 11.4 Å². The highest BCUT2D eigenvalue weighted by molar-refractivity contribution is 5.84. The van der Waals surface area contributed by atoms with Crippen molar-refractivity contribution in [3.63, 3.8) is 0 Å². The van der Waals surface area contributed by atoms with Crippen LogP contribution < -0.4 is 5.32 Å². The molecule has 3 N–H and O–H groups in total. The second-order valence-electron chi connectivity index (χ2n) is 3.79. The highest BCUT2D eigenvalue weighted by Gasteiger charge is 2.29. The van der Waals surface area contributed by atoms with Gasteiger partial charge in [-0.3, -0.25) is 9.59 Å². The second kappa shape index (κ2) is 5.59. The number of aliphatic hydroxyl groups is 1. The van der Waals surface area contributed by atoms with Gasteiger partial charge in [-0.1, -0.05) is 0 Å². The predicted molar refractivity (Wildman–Crippen MR) is 50.7 cm³/mol. The fraction of sp³-hybridized carbons (Fsp3) is 0.778. The number of carbonyl (C=O) groups is 2. The summed E-state index contributed by atoms with van der Waals surface area (Å²) in [6.07, 6.45) is 0.438. The Hall–Kier alpha value is -1.10. The lowest BCUT2D eigenvalue weighted by atomic mass is 9.89.